The van der Waals surface area contributed by atoms with Crippen LogP contribution in [0.25, 0.3) is 33.0 Å². The summed E-state index contributed by atoms with van der Waals surface area (Å²) in [6, 6.07) is 37.7. The molecule has 0 saturated heterocycles. The first-order valence-corrected chi connectivity index (χ1v) is 14.4. The zero-order valence-corrected chi connectivity index (χ0v) is 24.2. The Morgan fingerprint density at radius 2 is 1.41 bits per heavy atom. The van der Waals surface area contributed by atoms with E-state index in [0.29, 0.717) is 21.7 Å². The van der Waals surface area contributed by atoms with Crippen LogP contribution < -0.4 is 10.9 Å². The molecule has 0 aliphatic heterocycles. The average Bonchev–Trinajstić information content (AvgIpc) is 3.05. The smallest absolute Gasteiger partial charge is 0.327 e. The summed E-state index contributed by atoms with van der Waals surface area (Å²) < 4.78 is 1.20. The van der Waals surface area contributed by atoms with E-state index in [0.717, 1.165) is 27.5 Å². The van der Waals surface area contributed by atoms with Gasteiger partial charge >= 0.3 is 5.97 Å². The van der Waals surface area contributed by atoms with E-state index in [9.17, 15) is 19.5 Å². The van der Waals surface area contributed by atoms with Gasteiger partial charge in [0.2, 0.25) is 0 Å². The van der Waals surface area contributed by atoms with Gasteiger partial charge in [0.25, 0.3) is 11.5 Å². The minimum absolute atomic E-state index is 0.0186. The number of nitrogens with one attached hydrogen (secondary N) is 1. The van der Waals surface area contributed by atoms with Crippen LogP contribution >= 0.6 is 11.6 Å². The van der Waals surface area contributed by atoms with Crippen LogP contribution in [0.15, 0.2) is 138 Å². The van der Waals surface area contributed by atoms with E-state index in [2.05, 4.69) is 5.32 Å². The molecule has 0 spiro atoms. The van der Waals surface area contributed by atoms with Gasteiger partial charge in [-0.25, -0.2) is 4.79 Å². The zero-order chi connectivity index (χ0) is 30.6. The van der Waals surface area contributed by atoms with Crippen LogP contribution in [0.1, 0.15) is 22.0 Å². The average molecular weight is 599 g/mol. The number of halogens is 1. The maximum atomic E-state index is 13.9. The quantitative estimate of drug-likeness (QED) is 0.185. The molecule has 0 aliphatic carbocycles. The standard InChI is InChI=1S/C37H27ClN2O4/c38-30-19-13-24(14-20-30)21-34(37(43)44)40-23-29(32-12-6-10-27-9-4-5-11-31(27)32)22-33(36(40)42)39-35(41)28-17-15-26(16-18-28)25-7-2-1-3-8-25/h1-20,22-23,34H,21H2,(H,39,41)(H,43,44). The first kappa shape index (κ1) is 28.6. The normalized spacial score (nSPS) is 11.7. The third-order valence-corrected chi connectivity index (χ3v) is 7.86. The zero-order valence-electron chi connectivity index (χ0n) is 23.5. The summed E-state index contributed by atoms with van der Waals surface area (Å²) in [4.78, 5) is 39.9. The van der Waals surface area contributed by atoms with Gasteiger partial charge in [0, 0.05) is 28.8 Å². The van der Waals surface area contributed by atoms with E-state index in [1.807, 2.05) is 84.9 Å². The largest absolute Gasteiger partial charge is 0.480 e. The summed E-state index contributed by atoms with van der Waals surface area (Å²) >= 11 is 6.04. The van der Waals surface area contributed by atoms with E-state index >= 15 is 0 Å². The van der Waals surface area contributed by atoms with Gasteiger partial charge in [-0.3, -0.25) is 14.2 Å². The number of benzene rings is 5. The fourth-order valence-corrected chi connectivity index (χ4v) is 5.46. The topological polar surface area (TPSA) is 88.4 Å². The molecule has 2 N–H and O–H groups in total. The van der Waals surface area contributed by atoms with Gasteiger partial charge in [0.15, 0.2) is 0 Å². The maximum absolute atomic E-state index is 13.9. The molecule has 0 fully saturated rings. The Balaban J connectivity index is 1.43. The number of carbonyl (C=O) groups excluding carboxylic acids is 1. The van der Waals surface area contributed by atoms with Gasteiger partial charge in [-0.1, -0.05) is 109 Å². The van der Waals surface area contributed by atoms with E-state index in [1.165, 1.54) is 4.57 Å². The number of rotatable bonds is 8. The van der Waals surface area contributed by atoms with Gasteiger partial charge in [0.1, 0.15) is 11.7 Å². The summed E-state index contributed by atoms with van der Waals surface area (Å²) in [6.45, 7) is 0. The van der Waals surface area contributed by atoms with E-state index in [4.69, 9.17) is 11.6 Å². The molecule has 1 amide bonds. The molecule has 7 heteroatoms. The highest BCUT2D eigenvalue weighted by Gasteiger charge is 2.24. The molecule has 1 heterocycles. The lowest BCUT2D eigenvalue weighted by atomic mass is 9.98. The summed E-state index contributed by atoms with van der Waals surface area (Å²) in [7, 11) is 0. The number of fused-ring (bicyclic) bond motifs is 1. The van der Waals surface area contributed by atoms with Gasteiger partial charge in [-0.2, -0.15) is 0 Å². The molecule has 216 valence electrons. The van der Waals surface area contributed by atoms with Crippen molar-refractivity contribution in [3.63, 3.8) is 0 Å². The first-order valence-electron chi connectivity index (χ1n) is 14.1. The van der Waals surface area contributed by atoms with Crippen LogP contribution in [0, 0.1) is 0 Å². The molecule has 6 nitrogen and oxygen atoms in total. The number of nitrogens with zero attached hydrogens (tertiary/aromatic N) is 1. The van der Waals surface area contributed by atoms with Crippen LogP contribution in [0.5, 0.6) is 0 Å². The van der Waals surface area contributed by atoms with Crippen LogP contribution in [-0.2, 0) is 11.2 Å². The Morgan fingerprint density at radius 3 is 2.14 bits per heavy atom. The molecule has 6 aromatic rings. The molecule has 0 saturated carbocycles. The first-order chi connectivity index (χ1) is 21.4. The monoisotopic (exact) mass is 598 g/mol. The summed E-state index contributed by atoms with van der Waals surface area (Å²) in [5.41, 5.74) is 3.79. The van der Waals surface area contributed by atoms with Crippen LogP contribution in [-0.4, -0.2) is 21.6 Å². The van der Waals surface area contributed by atoms with Crippen molar-refractivity contribution >= 4 is 39.9 Å². The summed E-state index contributed by atoms with van der Waals surface area (Å²) in [5, 5.41) is 15.5. The molecule has 1 aromatic heterocycles. The minimum atomic E-state index is -1.24. The third kappa shape index (κ3) is 6.02. The Bertz CT molecular complexity index is 2030. The Morgan fingerprint density at radius 1 is 0.750 bits per heavy atom. The number of aliphatic carboxylic acids is 1. The molecular weight excluding hydrogens is 572 g/mol. The number of hydrogen-bond donors (Lipinski definition) is 2. The van der Waals surface area contributed by atoms with E-state index in [1.54, 1.807) is 48.7 Å². The van der Waals surface area contributed by atoms with Crippen molar-refractivity contribution in [3.8, 4) is 22.3 Å². The Labute approximate surface area is 258 Å². The van der Waals surface area contributed by atoms with Crippen molar-refractivity contribution in [3.05, 3.63) is 160 Å². The number of carboxylic acids is 1. The van der Waals surface area contributed by atoms with Crippen molar-refractivity contribution in [1.82, 2.24) is 4.57 Å². The summed E-state index contributed by atoms with van der Waals surface area (Å²) in [6.07, 6.45) is 1.60. The molecule has 0 radical (unpaired) electrons. The lowest BCUT2D eigenvalue weighted by Gasteiger charge is -2.20. The van der Waals surface area contributed by atoms with Crippen LogP contribution in [0.4, 0.5) is 5.69 Å². The highest BCUT2D eigenvalue weighted by molar-refractivity contribution is 6.30. The maximum Gasteiger partial charge on any atom is 0.327 e. The number of carboxylic acid groups (broad SMARTS) is 1. The van der Waals surface area contributed by atoms with Crippen molar-refractivity contribution in [2.75, 3.05) is 5.32 Å². The fourth-order valence-electron chi connectivity index (χ4n) is 5.34. The second kappa shape index (κ2) is 12.4. The molecule has 1 unspecified atom stereocenters. The molecule has 5 aromatic carbocycles. The Hall–Kier alpha value is -5.46. The van der Waals surface area contributed by atoms with Gasteiger partial charge in [-0.05, 0) is 63.4 Å². The lowest BCUT2D eigenvalue weighted by molar-refractivity contribution is -0.141. The van der Waals surface area contributed by atoms with Gasteiger partial charge < -0.3 is 10.4 Å². The molecule has 6 rings (SSSR count). The molecule has 44 heavy (non-hydrogen) atoms. The highest BCUT2D eigenvalue weighted by atomic mass is 35.5. The van der Waals surface area contributed by atoms with E-state index in [-0.39, 0.29) is 12.1 Å². The second-order valence-corrected chi connectivity index (χ2v) is 10.9. The van der Waals surface area contributed by atoms with Crippen molar-refractivity contribution < 1.29 is 14.7 Å². The number of aromatic nitrogens is 1. The number of anilines is 1. The molecule has 1 atom stereocenters. The summed E-state index contributed by atoms with van der Waals surface area (Å²) in [5.74, 6) is -1.65. The predicted octanol–water partition coefficient (Wildman–Crippen LogP) is 8.11. The number of amides is 1. The SMILES string of the molecule is O=C(Nc1cc(-c2cccc3ccccc23)cn(C(Cc2ccc(Cl)cc2)C(=O)O)c1=O)c1ccc(-c2ccccc2)cc1. The van der Waals surface area contributed by atoms with Crippen LogP contribution in [0.3, 0.4) is 0 Å². The molecule has 0 aliphatic rings. The number of carbonyl (C=O) groups is 2. The van der Waals surface area contributed by atoms with Crippen molar-refractivity contribution in [1.29, 1.82) is 0 Å². The number of pyridine rings is 1. The predicted molar refractivity (Wildman–Crippen MR) is 175 cm³/mol. The fraction of sp³-hybridized carbons (Fsp3) is 0.0541. The second-order valence-electron chi connectivity index (χ2n) is 10.5. The highest BCUT2D eigenvalue weighted by Crippen LogP contribution is 2.30. The lowest BCUT2D eigenvalue weighted by Crippen LogP contribution is -2.33. The van der Waals surface area contributed by atoms with E-state index < -0.39 is 23.5 Å². The molecular formula is C37H27ClN2O4. The van der Waals surface area contributed by atoms with Gasteiger partial charge in [-0.15, -0.1) is 0 Å². The number of hydrogen-bond acceptors (Lipinski definition) is 3. The Kier molecular flexibility index (Phi) is 8.08. The third-order valence-electron chi connectivity index (χ3n) is 7.61. The van der Waals surface area contributed by atoms with Crippen LogP contribution in [0.2, 0.25) is 5.02 Å². The van der Waals surface area contributed by atoms with Gasteiger partial charge in [0.05, 0.1) is 0 Å². The molecule has 0 bridgehead atoms. The van der Waals surface area contributed by atoms with Crippen molar-refractivity contribution in [2.45, 2.75) is 12.5 Å². The van der Waals surface area contributed by atoms with Crippen molar-refractivity contribution in [2.24, 2.45) is 0 Å². The minimum Gasteiger partial charge on any atom is -0.480 e.